The van der Waals surface area contributed by atoms with Crippen LogP contribution in [0.2, 0.25) is 0 Å². The van der Waals surface area contributed by atoms with Gasteiger partial charge in [0, 0.05) is 29.4 Å². The second-order valence-electron chi connectivity index (χ2n) is 8.83. The molecule has 2 aromatic carbocycles. The molecule has 0 bridgehead atoms. The monoisotopic (exact) mass is 506 g/mol. The first-order valence-corrected chi connectivity index (χ1v) is 11.7. The Labute approximate surface area is 213 Å². The van der Waals surface area contributed by atoms with Crippen molar-refractivity contribution in [3.63, 3.8) is 0 Å². The molecule has 1 unspecified atom stereocenters. The number of oxazole rings is 1. The maximum Gasteiger partial charge on any atom is 0.292 e. The third-order valence-corrected chi connectivity index (χ3v) is 6.54. The van der Waals surface area contributed by atoms with Crippen LogP contribution in [0, 0.1) is 5.82 Å². The van der Waals surface area contributed by atoms with Gasteiger partial charge in [-0.2, -0.15) is 15.2 Å². The Kier molecular flexibility index (Phi) is 4.64. The zero-order valence-corrected chi connectivity index (χ0v) is 19.9. The molecule has 0 aliphatic carbocycles. The Hall–Kier alpha value is -5.39. The van der Waals surface area contributed by atoms with Crippen molar-refractivity contribution >= 4 is 44.9 Å². The summed E-state index contributed by atoms with van der Waals surface area (Å²) in [6.07, 6.45) is 4.73. The molecule has 0 saturated heterocycles. The highest BCUT2D eigenvalue weighted by atomic mass is 19.1. The summed E-state index contributed by atoms with van der Waals surface area (Å²) in [7, 11) is 0. The topological polar surface area (TPSA) is 152 Å². The lowest BCUT2D eigenvalue weighted by Crippen LogP contribution is -2.11. The van der Waals surface area contributed by atoms with Crippen molar-refractivity contribution in [2.45, 2.75) is 13.0 Å². The average molecular weight is 507 g/mol. The van der Waals surface area contributed by atoms with Crippen molar-refractivity contribution < 1.29 is 8.81 Å². The molecule has 4 N–H and O–H groups in total. The zero-order valence-electron chi connectivity index (χ0n) is 19.9. The van der Waals surface area contributed by atoms with E-state index in [1.807, 2.05) is 31.2 Å². The number of rotatable bonds is 4. The van der Waals surface area contributed by atoms with Gasteiger partial charge in [0.05, 0.1) is 28.3 Å². The molecular weight excluding hydrogens is 487 g/mol. The molecule has 0 aliphatic rings. The van der Waals surface area contributed by atoms with Crippen molar-refractivity contribution in [2.75, 3.05) is 11.5 Å². The summed E-state index contributed by atoms with van der Waals surface area (Å²) >= 11 is 0. The summed E-state index contributed by atoms with van der Waals surface area (Å²) in [5.41, 5.74) is 17.1. The summed E-state index contributed by atoms with van der Waals surface area (Å²) in [4.78, 5) is 17.0. The van der Waals surface area contributed by atoms with E-state index in [1.165, 1.54) is 18.5 Å². The molecule has 1 atom stereocenters. The number of halogens is 1. The quantitative estimate of drug-likeness (QED) is 0.356. The van der Waals surface area contributed by atoms with Crippen molar-refractivity contribution in [1.82, 2.24) is 39.5 Å². The van der Waals surface area contributed by atoms with Crippen LogP contribution < -0.4 is 11.5 Å². The van der Waals surface area contributed by atoms with Gasteiger partial charge in [0.2, 0.25) is 0 Å². The van der Waals surface area contributed by atoms with E-state index in [2.05, 4.69) is 19.9 Å². The molecule has 11 nitrogen and oxygen atoms in total. The van der Waals surface area contributed by atoms with Crippen LogP contribution in [0.3, 0.4) is 0 Å². The molecule has 0 aliphatic heterocycles. The number of nitrogens with two attached hydrogens (primary N) is 2. The van der Waals surface area contributed by atoms with Crippen molar-refractivity contribution in [3.05, 3.63) is 78.8 Å². The minimum Gasteiger partial charge on any atom is -0.424 e. The van der Waals surface area contributed by atoms with Crippen LogP contribution in [0.1, 0.15) is 18.7 Å². The summed E-state index contributed by atoms with van der Waals surface area (Å²) < 4.78 is 23.2. The summed E-state index contributed by atoms with van der Waals surface area (Å²) in [5.74, 6) is -0.0689. The maximum atomic E-state index is 14.3. The highest BCUT2D eigenvalue weighted by molar-refractivity contribution is 5.99. The van der Waals surface area contributed by atoms with Gasteiger partial charge in [0.15, 0.2) is 11.2 Å². The van der Waals surface area contributed by atoms with Gasteiger partial charge in [0.1, 0.15) is 29.2 Å². The third-order valence-electron chi connectivity index (χ3n) is 6.54. The Balaban J connectivity index is 1.44. The molecule has 0 saturated carbocycles. The average Bonchev–Trinajstić information content (AvgIpc) is 3.61. The Morgan fingerprint density at radius 3 is 2.66 bits per heavy atom. The third kappa shape index (κ3) is 3.27. The normalized spacial score (nSPS) is 12.6. The number of hydrogen-bond donors (Lipinski definition) is 2. The number of aromatic nitrogens is 8. The van der Waals surface area contributed by atoms with E-state index in [0.717, 1.165) is 16.6 Å². The van der Waals surface area contributed by atoms with Crippen molar-refractivity contribution in [3.8, 4) is 16.9 Å². The SMILES string of the molecule is CC(c1nn(-c2ccncc2)c2cc(F)ccc12)n1nc(-c2ccc3oc(N)nc3c2)c2c(N)ncnc21. The van der Waals surface area contributed by atoms with Crippen LogP contribution in [0.25, 0.3) is 50.0 Å². The fraction of sp³-hybridized carbons (Fsp3) is 0.0769. The number of nitrogen functional groups attached to an aromatic ring is 2. The molecule has 0 spiro atoms. The van der Waals surface area contributed by atoms with Crippen molar-refractivity contribution in [2.24, 2.45) is 0 Å². The summed E-state index contributed by atoms with van der Waals surface area (Å²) in [5, 5.41) is 11.2. The molecule has 0 fully saturated rings. The van der Waals surface area contributed by atoms with Crippen molar-refractivity contribution in [1.29, 1.82) is 0 Å². The van der Waals surface area contributed by atoms with Gasteiger partial charge < -0.3 is 15.9 Å². The van der Waals surface area contributed by atoms with Crippen LogP contribution in [-0.4, -0.2) is 39.5 Å². The van der Waals surface area contributed by atoms with Gasteiger partial charge in [-0.05, 0) is 49.4 Å². The predicted octanol–water partition coefficient (Wildman–Crippen LogP) is 4.28. The molecule has 5 heterocycles. The van der Waals surface area contributed by atoms with Gasteiger partial charge in [-0.25, -0.2) is 23.7 Å². The molecule has 5 aromatic heterocycles. The first-order valence-electron chi connectivity index (χ1n) is 11.7. The molecular formula is C26H19FN10O. The number of pyridine rings is 1. The molecule has 7 aromatic rings. The first-order chi connectivity index (χ1) is 18.5. The molecule has 7 rings (SSSR count). The van der Waals surface area contributed by atoms with Crippen LogP contribution in [-0.2, 0) is 0 Å². The van der Waals surface area contributed by atoms with Crippen LogP contribution in [0.5, 0.6) is 0 Å². The van der Waals surface area contributed by atoms with Crippen LogP contribution in [0.4, 0.5) is 16.2 Å². The minimum atomic E-state index is -0.400. The minimum absolute atomic E-state index is 0.0807. The maximum absolute atomic E-state index is 14.3. The largest absolute Gasteiger partial charge is 0.424 e. The lowest BCUT2D eigenvalue weighted by molar-refractivity contribution is 0.564. The van der Waals surface area contributed by atoms with Crippen LogP contribution >= 0.6 is 0 Å². The van der Waals surface area contributed by atoms with Gasteiger partial charge in [0.25, 0.3) is 6.01 Å². The Morgan fingerprint density at radius 1 is 0.974 bits per heavy atom. The highest BCUT2D eigenvalue weighted by Gasteiger charge is 2.25. The van der Waals surface area contributed by atoms with E-state index >= 15 is 0 Å². The number of benzene rings is 2. The number of anilines is 2. The molecule has 12 heteroatoms. The number of hydrogen-bond acceptors (Lipinski definition) is 9. The zero-order chi connectivity index (χ0) is 26.0. The Morgan fingerprint density at radius 2 is 1.82 bits per heavy atom. The molecule has 0 radical (unpaired) electrons. The van der Waals surface area contributed by atoms with E-state index in [0.29, 0.717) is 39.0 Å². The van der Waals surface area contributed by atoms with Gasteiger partial charge >= 0.3 is 0 Å². The Bertz CT molecular complexity index is 1990. The van der Waals surface area contributed by atoms with Crippen LogP contribution in [0.15, 0.2) is 71.7 Å². The summed E-state index contributed by atoms with van der Waals surface area (Å²) in [6.45, 7) is 1.96. The lowest BCUT2D eigenvalue weighted by Gasteiger charge is -2.11. The summed E-state index contributed by atoms with van der Waals surface area (Å²) in [6, 6.07) is 13.4. The second-order valence-corrected chi connectivity index (χ2v) is 8.83. The molecule has 0 amide bonds. The van der Waals surface area contributed by atoms with E-state index in [9.17, 15) is 4.39 Å². The lowest BCUT2D eigenvalue weighted by atomic mass is 10.1. The van der Waals surface area contributed by atoms with E-state index < -0.39 is 6.04 Å². The fourth-order valence-corrected chi connectivity index (χ4v) is 4.78. The van der Waals surface area contributed by atoms with E-state index in [-0.39, 0.29) is 17.6 Å². The standard InChI is InChI=1S/C26H19FN10O/c1-13(22-17-4-3-15(27)11-19(17)37(34-22)16-6-8-30-9-7-16)36-25-21(24(28)31-12-32-25)23(35-36)14-2-5-20-18(10-14)33-26(29)38-20/h2-13H,1H3,(H2,29,33)(H2,28,31,32). The van der Waals surface area contributed by atoms with Gasteiger partial charge in [-0.15, -0.1) is 0 Å². The smallest absolute Gasteiger partial charge is 0.292 e. The number of nitrogens with zero attached hydrogens (tertiary/aromatic N) is 8. The van der Waals surface area contributed by atoms with Gasteiger partial charge in [-0.1, -0.05) is 0 Å². The second kappa shape index (κ2) is 8.06. The molecule has 38 heavy (non-hydrogen) atoms. The number of fused-ring (bicyclic) bond motifs is 3. The van der Waals surface area contributed by atoms with E-state index in [1.54, 1.807) is 33.9 Å². The molecule has 186 valence electrons. The van der Waals surface area contributed by atoms with E-state index in [4.69, 9.17) is 26.1 Å². The fourth-order valence-electron chi connectivity index (χ4n) is 4.78. The van der Waals surface area contributed by atoms with Gasteiger partial charge in [-0.3, -0.25) is 4.98 Å². The predicted molar refractivity (Wildman–Crippen MR) is 140 cm³/mol. The highest BCUT2D eigenvalue weighted by Crippen LogP contribution is 2.36. The first kappa shape index (κ1) is 21.9.